The summed E-state index contributed by atoms with van der Waals surface area (Å²) in [6.45, 7) is 6.70. The lowest BCUT2D eigenvalue weighted by Crippen LogP contribution is -2.26. The molecule has 1 unspecified atom stereocenters. The first kappa shape index (κ1) is 15.2. The maximum atomic E-state index is 11.7. The molecule has 1 fully saturated rings. The Bertz CT molecular complexity index is 464. The van der Waals surface area contributed by atoms with E-state index in [9.17, 15) is 4.79 Å². The zero-order valence-electron chi connectivity index (χ0n) is 12.4. The van der Waals surface area contributed by atoms with E-state index in [1.165, 1.54) is 6.42 Å². The van der Waals surface area contributed by atoms with Crippen LogP contribution >= 0.6 is 0 Å². The second-order valence-electron chi connectivity index (χ2n) is 5.90. The zero-order chi connectivity index (χ0) is 14.4. The Balaban J connectivity index is 1.94. The van der Waals surface area contributed by atoms with Crippen LogP contribution in [0.15, 0.2) is 10.9 Å². The number of aromatic nitrogens is 2. The third-order valence-corrected chi connectivity index (χ3v) is 3.40. The molecular formula is C15H25N3O2. The van der Waals surface area contributed by atoms with Gasteiger partial charge in [-0.3, -0.25) is 4.79 Å². The van der Waals surface area contributed by atoms with Crippen molar-refractivity contribution in [1.29, 1.82) is 0 Å². The first-order chi connectivity index (χ1) is 9.63. The summed E-state index contributed by atoms with van der Waals surface area (Å²) in [5.41, 5.74) is 0.729. The van der Waals surface area contributed by atoms with Crippen LogP contribution in [0, 0.1) is 5.92 Å². The van der Waals surface area contributed by atoms with E-state index in [1.807, 2.05) is 0 Å². The van der Waals surface area contributed by atoms with Crippen LogP contribution < -0.4 is 10.9 Å². The van der Waals surface area contributed by atoms with Crippen molar-refractivity contribution < 1.29 is 4.74 Å². The quantitative estimate of drug-likeness (QED) is 0.830. The Morgan fingerprint density at radius 3 is 3.05 bits per heavy atom. The fraction of sp³-hybridized carbons (Fsp3) is 0.733. The lowest BCUT2D eigenvalue weighted by Gasteiger charge is -2.22. The normalized spacial score (nSPS) is 19.4. The summed E-state index contributed by atoms with van der Waals surface area (Å²) >= 11 is 0. The summed E-state index contributed by atoms with van der Waals surface area (Å²) in [5, 5.41) is 3.31. The fourth-order valence-corrected chi connectivity index (χ4v) is 2.42. The van der Waals surface area contributed by atoms with Gasteiger partial charge in [-0.15, -0.1) is 0 Å². The van der Waals surface area contributed by atoms with Crippen molar-refractivity contribution in [2.75, 3.05) is 13.2 Å². The molecule has 0 radical (unpaired) electrons. The van der Waals surface area contributed by atoms with Gasteiger partial charge in [0.15, 0.2) is 0 Å². The number of aromatic amines is 1. The Labute approximate surface area is 120 Å². The highest BCUT2D eigenvalue weighted by molar-refractivity contribution is 5.03. The minimum absolute atomic E-state index is 0.0767. The summed E-state index contributed by atoms with van der Waals surface area (Å²) in [7, 11) is 0. The lowest BCUT2D eigenvalue weighted by atomic mass is 10.1. The van der Waals surface area contributed by atoms with Crippen LogP contribution in [0.5, 0.6) is 0 Å². The SMILES string of the molecule is CC(C)CNCc1cc(=O)[nH]c(CC2CCCCO2)n1. The molecule has 0 aromatic carbocycles. The molecule has 1 atom stereocenters. The molecule has 0 aliphatic carbocycles. The van der Waals surface area contributed by atoms with Crippen molar-refractivity contribution in [3.05, 3.63) is 27.9 Å². The molecule has 2 rings (SSSR count). The van der Waals surface area contributed by atoms with Gasteiger partial charge >= 0.3 is 0 Å². The van der Waals surface area contributed by atoms with Crippen molar-refractivity contribution in [2.24, 2.45) is 5.92 Å². The molecule has 0 bridgehead atoms. The molecule has 1 aliphatic rings. The van der Waals surface area contributed by atoms with Crippen LogP contribution in [0.25, 0.3) is 0 Å². The minimum atomic E-state index is -0.0767. The molecule has 1 aromatic rings. The van der Waals surface area contributed by atoms with Gasteiger partial charge in [-0.2, -0.15) is 0 Å². The smallest absolute Gasteiger partial charge is 0.251 e. The van der Waals surface area contributed by atoms with E-state index in [-0.39, 0.29) is 11.7 Å². The number of nitrogens with zero attached hydrogens (tertiary/aromatic N) is 1. The number of ether oxygens (including phenoxy) is 1. The number of rotatable bonds is 6. The topological polar surface area (TPSA) is 67.0 Å². The van der Waals surface area contributed by atoms with Gasteiger partial charge in [0.05, 0.1) is 11.8 Å². The summed E-state index contributed by atoms with van der Waals surface area (Å²) in [6.07, 6.45) is 4.29. The molecule has 0 saturated carbocycles. The molecule has 20 heavy (non-hydrogen) atoms. The summed E-state index contributed by atoms with van der Waals surface area (Å²) in [5.74, 6) is 1.33. The molecule has 1 saturated heterocycles. The van der Waals surface area contributed by atoms with Crippen molar-refractivity contribution in [3.8, 4) is 0 Å². The second kappa shape index (κ2) is 7.55. The van der Waals surface area contributed by atoms with Gasteiger partial charge in [0, 0.05) is 25.6 Å². The van der Waals surface area contributed by atoms with Crippen LogP contribution in [0.1, 0.15) is 44.6 Å². The predicted octanol–water partition coefficient (Wildman–Crippen LogP) is 1.63. The molecular weight excluding hydrogens is 254 g/mol. The van der Waals surface area contributed by atoms with Crippen molar-refractivity contribution in [2.45, 2.75) is 52.2 Å². The van der Waals surface area contributed by atoms with Gasteiger partial charge < -0.3 is 15.0 Å². The maximum absolute atomic E-state index is 11.7. The number of hydrogen-bond donors (Lipinski definition) is 2. The molecule has 5 nitrogen and oxygen atoms in total. The predicted molar refractivity (Wildman–Crippen MR) is 78.7 cm³/mol. The average Bonchev–Trinajstić information content (AvgIpc) is 2.38. The van der Waals surface area contributed by atoms with Crippen LogP contribution in [0.3, 0.4) is 0 Å². The summed E-state index contributed by atoms with van der Waals surface area (Å²) in [6, 6.07) is 1.57. The lowest BCUT2D eigenvalue weighted by molar-refractivity contribution is 0.0156. The Morgan fingerprint density at radius 1 is 1.50 bits per heavy atom. The van der Waals surface area contributed by atoms with Gasteiger partial charge in [-0.05, 0) is 31.7 Å². The largest absolute Gasteiger partial charge is 0.378 e. The molecule has 1 aromatic heterocycles. The standard InChI is InChI=1S/C15H25N3O2/c1-11(2)9-16-10-12-7-15(19)18-14(17-12)8-13-5-3-4-6-20-13/h7,11,13,16H,3-6,8-10H2,1-2H3,(H,17,18,19). The first-order valence-electron chi connectivity index (χ1n) is 7.55. The van der Waals surface area contributed by atoms with Gasteiger partial charge in [-0.25, -0.2) is 4.98 Å². The highest BCUT2D eigenvalue weighted by Crippen LogP contribution is 2.15. The van der Waals surface area contributed by atoms with Gasteiger partial charge in [0.2, 0.25) is 0 Å². The van der Waals surface area contributed by atoms with E-state index in [1.54, 1.807) is 6.07 Å². The minimum Gasteiger partial charge on any atom is -0.378 e. The Morgan fingerprint density at radius 2 is 2.35 bits per heavy atom. The van der Waals surface area contributed by atoms with E-state index in [0.717, 1.165) is 37.5 Å². The zero-order valence-corrected chi connectivity index (χ0v) is 12.4. The Kier molecular flexibility index (Phi) is 5.73. The molecule has 112 valence electrons. The van der Waals surface area contributed by atoms with Crippen molar-refractivity contribution >= 4 is 0 Å². The average molecular weight is 279 g/mol. The Hall–Kier alpha value is -1.20. The van der Waals surface area contributed by atoms with E-state index in [0.29, 0.717) is 18.9 Å². The van der Waals surface area contributed by atoms with Crippen LogP contribution in [0.4, 0.5) is 0 Å². The van der Waals surface area contributed by atoms with Crippen molar-refractivity contribution in [3.63, 3.8) is 0 Å². The van der Waals surface area contributed by atoms with Crippen molar-refractivity contribution in [1.82, 2.24) is 15.3 Å². The second-order valence-corrected chi connectivity index (χ2v) is 5.90. The molecule has 0 amide bonds. The molecule has 0 spiro atoms. The molecule has 2 heterocycles. The van der Waals surface area contributed by atoms with Gasteiger partial charge in [0.1, 0.15) is 5.82 Å². The fourth-order valence-electron chi connectivity index (χ4n) is 2.42. The van der Waals surface area contributed by atoms with Crippen LogP contribution in [0.2, 0.25) is 0 Å². The van der Waals surface area contributed by atoms with E-state index in [4.69, 9.17) is 4.74 Å². The van der Waals surface area contributed by atoms with Crippen LogP contribution in [-0.2, 0) is 17.7 Å². The third-order valence-electron chi connectivity index (χ3n) is 3.40. The summed E-state index contributed by atoms with van der Waals surface area (Å²) in [4.78, 5) is 19.0. The first-order valence-corrected chi connectivity index (χ1v) is 7.55. The third kappa shape index (κ3) is 5.06. The van der Waals surface area contributed by atoms with E-state index >= 15 is 0 Å². The summed E-state index contributed by atoms with van der Waals surface area (Å²) < 4.78 is 5.70. The van der Waals surface area contributed by atoms with E-state index < -0.39 is 0 Å². The molecule has 2 N–H and O–H groups in total. The highest BCUT2D eigenvalue weighted by atomic mass is 16.5. The van der Waals surface area contributed by atoms with Gasteiger partial charge in [0.25, 0.3) is 5.56 Å². The van der Waals surface area contributed by atoms with Crippen LogP contribution in [-0.4, -0.2) is 29.2 Å². The number of hydrogen-bond acceptors (Lipinski definition) is 4. The van der Waals surface area contributed by atoms with Gasteiger partial charge in [-0.1, -0.05) is 13.8 Å². The molecule has 5 heteroatoms. The number of H-pyrrole nitrogens is 1. The molecule has 1 aliphatic heterocycles. The van der Waals surface area contributed by atoms with E-state index in [2.05, 4.69) is 29.1 Å². The number of nitrogens with one attached hydrogen (secondary N) is 2. The maximum Gasteiger partial charge on any atom is 0.251 e. The monoisotopic (exact) mass is 279 g/mol. The highest BCUT2D eigenvalue weighted by Gasteiger charge is 2.16.